The van der Waals surface area contributed by atoms with Gasteiger partial charge in [0.1, 0.15) is 10.7 Å². The van der Waals surface area contributed by atoms with Gasteiger partial charge in [0.2, 0.25) is 0 Å². The Bertz CT molecular complexity index is 1530. The summed E-state index contributed by atoms with van der Waals surface area (Å²) in [5, 5.41) is 5.50. The van der Waals surface area contributed by atoms with Gasteiger partial charge >= 0.3 is 0 Å². The molecule has 0 unspecified atom stereocenters. The van der Waals surface area contributed by atoms with Gasteiger partial charge in [-0.1, -0.05) is 59.8 Å². The summed E-state index contributed by atoms with van der Waals surface area (Å²) in [6, 6.07) is 14.4. The maximum Gasteiger partial charge on any atom is 0.181 e. The summed E-state index contributed by atoms with van der Waals surface area (Å²) in [6.07, 6.45) is 8.37. The van der Waals surface area contributed by atoms with Gasteiger partial charge in [0.05, 0.1) is 17.4 Å². The Hall–Kier alpha value is -3.20. The molecule has 9 heteroatoms. The van der Waals surface area contributed by atoms with Crippen LogP contribution < -0.4 is 10.6 Å². The van der Waals surface area contributed by atoms with Gasteiger partial charge in [-0.2, -0.15) is 5.10 Å². The Kier molecular flexibility index (Phi) is 6.50. The first-order chi connectivity index (χ1) is 18.3. The van der Waals surface area contributed by atoms with E-state index in [0.717, 1.165) is 48.4 Å². The molecule has 6 rings (SSSR count). The molecular formula is C29H29ClN6OS. The number of fused-ring (bicyclic) bond motifs is 1. The lowest BCUT2D eigenvalue weighted by Gasteiger charge is -2.42. The number of aromatic nitrogens is 4. The van der Waals surface area contributed by atoms with E-state index in [-0.39, 0.29) is 17.2 Å². The van der Waals surface area contributed by atoms with Gasteiger partial charge in [0, 0.05) is 55.3 Å². The van der Waals surface area contributed by atoms with E-state index >= 15 is 0 Å². The molecule has 2 aliphatic rings. The van der Waals surface area contributed by atoms with Gasteiger partial charge in [-0.25, -0.2) is 9.97 Å². The van der Waals surface area contributed by atoms with Crippen LogP contribution >= 0.6 is 23.4 Å². The molecule has 0 bridgehead atoms. The van der Waals surface area contributed by atoms with Crippen molar-refractivity contribution in [3.8, 4) is 11.1 Å². The van der Waals surface area contributed by atoms with E-state index in [1.807, 2.05) is 31.4 Å². The van der Waals surface area contributed by atoms with Gasteiger partial charge in [-0.15, -0.1) is 0 Å². The van der Waals surface area contributed by atoms with Crippen LogP contribution in [0.2, 0.25) is 5.02 Å². The summed E-state index contributed by atoms with van der Waals surface area (Å²) in [6.45, 7) is 3.14. The number of benzene rings is 2. The second kappa shape index (κ2) is 9.84. The van der Waals surface area contributed by atoms with Gasteiger partial charge in [-0.3, -0.25) is 9.48 Å². The van der Waals surface area contributed by atoms with Crippen LogP contribution in [-0.4, -0.2) is 38.6 Å². The van der Waals surface area contributed by atoms with Crippen molar-refractivity contribution in [3.63, 3.8) is 0 Å². The summed E-state index contributed by atoms with van der Waals surface area (Å²) in [4.78, 5) is 25.2. The number of carbonyl (C=O) groups is 1. The van der Waals surface area contributed by atoms with E-state index in [9.17, 15) is 4.79 Å². The van der Waals surface area contributed by atoms with E-state index in [0.29, 0.717) is 21.6 Å². The lowest BCUT2D eigenvalue weighted by atomic mass is 9.73. The fraction of sp³-hybridized carbons (Fsp3) is 0.310. The molecule has 4 aromatic rings. The monoisotopic (exact) mass is 544 g/mol. The van der Waals surface area contributed by atoms with Crippen LogP contribution in [0, 0.1) is 5.41 Å². The number of ketones is 1. The summed E-state index contributed by atoms with van der Waals surface area (Å²) in [5.74, 6) is 0.548. The fourth-order valence-electron chi connectivity index (χ4n) is 5.84. The molecule has 1 atom stereocenters. The lowest BCUT2D eigenvalue weighted by Crippen LogP contribution is -2.45. The van der Waals surface area contributed by atoms with Crippen LogP contribution in [0.15, 0.2) is 71.0 Å². The lowest BCUT2D eigenvalue weighted by molar-refractivity contribution is 0.101. The zero-order valence-electron chi connectivity index (χ0n) is 21.4. The number of carbonyl (C=O) groups excluding carboxylic acids is 1. The van der Waals surface area contributed by atoms with E-state index in [1.165, 1.54) is 22.9 Å². The van der Waals surface area contributed by atoms with E-state index in [2.05, 4.69) is 34.3 Å². The molecule has 0 amide bonds. The van der Waals surface area contributed by atoms with Crippen molar-refractivity contribution >= 4 is 35.0 Å². The highest BCUT2D eigenvalue weighted by Gasteiger charge is 2.46. The average Bonchev–Trinajstić information content (AvgIpc) is 3.47. The number of piperidine rings is 1. The minimum Gasteiger partial charge on any atom is -0.355 e. The Balaban J connectivity index is 1.22. The molecule has 38 heavy (non-hydrogen) atoms. The van der Waals surface area contributed by atoms with Crippen molar-refractivity contribution < 1.29 is 4.79 Å². The van der Waals surface area contributed by atoms with E-state index in [1.54, 1.807) is 24.0 Å². The van der Waals surface area contributed by atoms with E-state index in [4.69, 9.17) is 27.3 Å². The highest BCUT2D eigenvalue weighted by atomic mass is 35.5. The Labute approximate surface area is 231 Å². The zero-order valence-corrected chi connectivity index (χ0v) is 23.0. The fourth-order valence-corrected chi connectivity index (χ4v) is 7.00. The van der Waals surface area contributed by atoms with Crippen LogP contribution in [0.5, 0.6) is 0 Å². The Morgan fingerprint density at radius 2 is 1.92 bits per heavy atom. The van der Waals surface area contributed by atoms with Crippen molar-refractivity contribution in [1.29, 1.82) is 0 Å². The van der Waals surface area contributed by atoms with Gasteiger partial charge in [0.25, 0.3) is 0 Å². The van der Waals surface area contributed by atoms with Gasteiger partial charge < -0.3 is 10.6 Å². The molecule has 2 N–H and O–H groups in total. The molecular weight excluding hydrogens is 516 g/mol. The number of hydrogen-bond donors (Lipinski definition) is 1. The van der Waals surface area contributed by atoms with Crippen molar-refractivity contribution in [2.75, 3.05) is 18.0 Å². The van der Waals surface area contributed by atoms with Crippen molar-refractivity contribution in [1.82, 2.24) is 19.7 Å². The SMILES string of the molecule is CC(=O)c1nc(Sc2cccc(-c3cnn(C)c3)c2Cl)cnc1N1CCC2(CC1)Cc1ccccc1[C@H]2N. The summed E-state index contributed by atoms with van der Waals surface area (Å²) < 4.78 is 1.75. The van der Waals surface area contributed by atoms with Gasteiger partial charge in [0.15, 0.2) is 11.6 Å². The molecule has 7 nitrogen and oxygen atoms in total. The van der Waals surface area contributed by atoms with Crippen LogP contribution in [0.25, 0.3) is 11.1 Å². The topological polar surface area (TPSA) is 89.9 Å². The summed E-state index contributed by atoms with van der Waals surface area (Å²) in [7, 11) is 1.87. The predicted molar refractivity (Wildman–Crippen MR) is 151 cm³/mol. The molecule has 1 fully saturated rings. The minimum atomic E-state index is -0.101. The molecule has 3 heterocycles. The molecule has 1 aliphatic heterocycles. The predicted octanol–water partition coefficient (Wildman–Crippen LogP) is 5.73. The quantitative estimate of drug-likeness (QED) is 0.321. The highest BCUT2D eigenvalue weighted by molar-refractivity contribution is 7.99. The smallest absolute Gasteiger partial charge is 0.181 e. The number of hydrogen-bond acceptors (Lipinski definition) is 7. The first-order valence-corrected chi connectivity index (χ1v) is 14.0. The normalized spacial score (nSPS) is 18.1. The molecule has 1 aliphatic carbocycles. The number of aryl methyl sites for hydroxylation is 1. The molecule has 2 aromatic carbocycles. The molecule has 0 radical (unpaired) electrons. The van der Waals surface area contributed by atoms with Crippen LogP contribution in [0.3, 0.4) is 0 Å². The molecule has 2 aromatic heterocycles. The van der Waals surface area contributed by atoms with Crippen LogP contribution in [0.4, 0.5) is 5.82 Å². The van der Waals surface area contributed by atoms with Crippen LogP contribution in [0.1, 0.15) is 47.4 Å². The molecule has 194 valence electrons. The highest BCUT2D eigenvalue weighted by Crippen LogP contribution is 2.51. The summed E-state index contributed by atoms with van der Waals surface area (Å²) >= 11 is 8.18. The second-order valence-electron chi connectivity index (χ2n) is 10.3. The first kappa shape index (κ1) is 25.1. The van der Waals surface area contributed by atoms with Crippen molar-refractivity contribution in [2.45, 2.75) is 42.1 Å². The number of rotatable bonds is 5. The number of nitrogens with zero attached hydrogens (tertiary/aromatic N) is 5. The number of halogens is 1. The van der Waals surface area contributed by atoms with Crippen molar-refractivity contribution in [2.24, 2.45) is 18.2 Å². The third-order valence-corrected chi connectivity index (χ3v) is 9.39. The number of Topliss-reactive ketones (excluding diaryl/α,β-unsaturated/α-hetero) is 1. The average molecular weight is 545 g/mol. The zero-order chi connectivity index (χ0) is 26.4. The maximum absolute atomic E-state index is 12.7. The van der Waals surface area contributed by atoms with E-state index < -0.39 is 0 Å². The van der Waals surface area contributed by atoms with Gasteiger partial charge in [-0.05, 0) is 41.9 Å². The van der Waals surface area contributed by atoms with Crippen LogP contribution in [-0.2, 0) is 13.5 Å². The van der Waals surface area contributed by atoms with Crippen molar-refractivity contribution in [3.05, 3.63) is 82.9 Å². The summed E-state index contributed by atoms with van der Waals surface area (Å²) in [5.41, 5.74) is 11.7. The number of nitrogens with two attached hydrogens (primary N) is 1. The minimum absolute atomic E-state index is 0.0465. The molecule has 0 saturated carbocycles. The second-order valence-corrected chi connectivity index (χ2v) is 11.7. The largest absolute Gasteiger partial charge is 0.355 e. The maximum atomic E-state index is 12.7. The number of anilines is 1. The molecule has 1 spiro atoms. The standard InChI is InChI=1S/C29H29ClN6OS/c1-18(37)26-28(36-12-10-29(11-13-36)14-19-6-3-4-7-22(19)27(29)31)32-16-24(34-26)38-23-9-5-8-21(25(23)30)20-15-33-35(2)17-20/h3-9,15-17,27H,10-14,31H2,1-2H3/t27-/m1/s1. The third kappa shape index (κ3) is 4.40. The third-order valence-electron chi connectivity index (χ3n) is 7.91. The Morgan fingerprint density at radius 1 is 1.13 bits per heavy atom. The Morgan fingerprint density at radius 3 is 2.63 bits per heavy atom. The first-order valence-electron chi connectivity index (χ1n) is 12.8. The molecule has 1 saturated heterocycles.